The third-order valence-corrected chi connectivity index (χ3v) is 6.64. The van der Waals surface area contributed by atoms with Crippen molar-refractivity contribution < 1.29 is 24.2 Å². The van der Waals surface area contributed by atoms with Gasteiger partial charge in [-0.3, -0.25) is 9.59 Å². The van der Waals surface area contributed by atoms with Crippen LogP contribution < -0.4 is 4.74 Å². The van der Waals surface area contributed by atoms with Gasteiger partial charge in [0.2, 0.25) is 0 Å². The number of carbonyl (C=O) groups is 2. The third kappa shape index (κ3) is 5.25. The highest BCUT2D eigenvalue weighted by atomic mass is 16.5. The molecule has 1 aliphatic rings. The zero-order valence-electron chi connectivity index (χ0n) is 20.4. The Morgan fingerprint density at radius 2 is 1.69 bits per heavy atom. The second-order valence-corrected chi connectivity index (χ2v) is 8.74. The van der Waals surface area contributed by atoms with Crippen LogP contribution in [-0.2, 0) is 14.3 Å². The van der Waals surface area contributed by atoms with E-state index >= 15 is 0 Å². The van der Waals surface area contributed by atoms with Gasteiger partial charge in [0.25, 0.3) is 0 Å². The van der Waals surface area contributed by atoms with Gasteiger partial charge in [-0.1, -0.05) is 67.6 Å². The van der Waals surface area contributed by atoms with Crippen LogP contribution in [0.1, 0.15) is 37.8 Å². The summed E-state index contributed by atoms with van der Waals surface area (Å²) in [5.41, 5.74) is 2.82. The highest BCUT2D eigenvalue weighted by Crippen LogP contribution is 2.43. The smallest absolute Gasteiger partial charge is 0.314 e. The van der Waals surface area contributed by atoms with E-state index in [-0.39, 0.29) is 11.9 Å². The fourth-order valence-corrected chi connectivity index (χ4v) is 4.47. The van der Waals surface area contributed by atoms with Crippen molar-refractivity contribution in [1.82, 2.24) is 9.97 Å². The van der Waals surface area contributed by atoms with Crippen molar-refractivity contribution in [1.29, 1.82) is 0 Å². The Morgan fingerprint density at radius 1 is 1.03 bits per heavy atom. The van der Waals surface area contributed by atoms with E-state index in [0.29, 0.717) is 31.7 Å². The van der Waals surface area contributed by atoms with Crippen molar-refractivity contribution in [2.24, 2.45) is 5.41 Å². The van der Waals surface area contributed by atoms with Crippen LogP contribution in [0, 0.1) is 5.41 Å². The van der Waals surface area contributed by atoms with Crippen LogP contribution in [0.2, 0.25) is 0 Å². The van der Waals surface area contributed by atoms with Crippen molar-refractivity contribution >= 4 is 11.9 Å². The maximum Gasteiger partial charge on any atom is 0.314 e. The molecule has 7 heteroatoms. The van der Waals surface area contributed by atoms with Crippen LogP contribution in [0.5, 0.6) is 5.75 Å². The molecule has 0 fully saturated rings. The lowest BCUT2D eigenvalue weighted by Gasteiger charge is -2.33. The first-order chi connectivity index (χ1) is 17.5. The van der Waals surface area contributed by atoms with Crippen LogP contribution in [-0.4, -0.2) is 40.7 Å². The number of imidazole rings is 1. The number of carbonyl (C=O) groups excluding carboxylic acids is 1. The molecule has 0 saturated carbocycles. The second-order valence-electron chi connectivity index (χ2n) is 8.74. The zero-order chi connectivity index (χ0) is 25.5. The molecule has 0 aliphatic heterocycles. The van der Waals surface area contributed by atoms with Crippen LogP contribution in [0.25, 0.3) is 22.5 Å². The summed E-state index contributed by atoms with van der Waals surface area (Å²) in [7, 11) is 1.38. The van der Waals surface area contributed by atoms with Gasteiger partial charge in [-0.15, -0.1) is 0 Å². The number of carboxylic acid groups (broad SMARTS) is 1. The van der Waals surface area contributed by atoms with Gasteiger partial charge < -0.3 is 19.6 Å². The Bertz CT molecular complexity index is 1260. The average molecular weight is 487 g/mol. The number of nitrogens with one attached hydrogen (secondary N) is 1. The van der Waals surface area contributed by atoms with Crippen molar-refractivity contribution in [3.05, 3.63) is 84.7 Å². The van der Waals surface area contributed by atoms with E-state index in [0.717, 1.165) is 28.1 Å². The van der Waals surface area contributed by atoms with E-state index in [1.165, 1.54) is 7.11 Å². The Balaban J connectivity index is 1.43. The summed E-state index contributed by atoms with van der Waals surface area (Å²) in [4.78, 5) is 31.2. The Hall–Kier alpha value is -4.13. The van der Waals surface area contributed by atoms with E-state index in [1.54, 1.807) is 18.3 Å². The zero-order valence-corrected chi connectivity index (χ0v) is 20.4. The molecule has 2 atom stereocenters. The minimum atomic E-state index is -0.986. The van der Waals surface area contributed by atoms with Gasteiger partial charge >= 0.3 is 11.9 Å². The fraction of sp³-hybridized carbons (Fsp3) is 0.276. The number of nitrogens with zero attached hydrogens (tertiary/aromatic N) is 1. The summed E-state index contributed by atoms with van der Waals surface area (Å²) in [6, 6.07) is 15.9. The fourth-order valence-electron chi connectivity index (χ4n) is 4.47. The van der Waals surface area contributed by atoms with E-state index in [4.69, 9.17) is 4.74 Å². The van der Waals surface area contributed by atoms with Gasteiger partial charge in [-0.2, -0.15) is 0 Å². The molecule has 2 unspecified atom stereocenters. The molecule has 1 aliphatic carbocycles. The normalized spacial score (nSPS) is 18.7. The quantitative estimate of drug-likeness (QED) is 0.279. The number of aliphatic carboxylic acids is 1. The summed E-state index contributed by atoms with van der Waals surface area (Å²) in [5.74, 6) is 0.0611. The van der Waals surface area contributed by atoms with Gasteiger partial charge in [-0.25, -0.2) is 4.98 Å². The van der Waals surface area contributed by atoms with Gasteiger partial charge in [-0.05, 0) is 36.1 Å². The topological polar surface area (TPSA) is 102 Å². The van der Waals surface area contributed by atoms with Crippen LogP contribution >= 0.6 is 0 Å². The van der Waals surface area contributed by atoms with Crippen molar-refractivity contribution in [3.63, 3.8) is 0 Å². The van der Waals surface area contributed by atoms with Gasteiger partial charge in [0.1, 0.15) is 11.6 Å². The van der Waals surface area contributed by atoms with E-state index in [9.17, 15) is 14.7 Å². The van der Waals surface area contributed by atoms with Crippen LogP contribution in [0.15, 0.2) is 79.0 Å². The predicted molar refractivity (Wildman–Crippen MR) is 138 cm³/mol. The van der Waals surface area contributed by atoms with Gasteiger partial charge in [0.05, 0.1) is 19.1 Å². The molecule has 1 heterocycles. The first-order valence-corrected chi connectivity index (χ1v) is 12.0. The number of ether oxygens (including phenoxy) is 2. The predicted octanol–water partition coefficient (Wildman–Crippen LogP) is 5.77. The largest absolute Gasteiger partial charge is 0.494 e. The summed E-state index contributed by atoms with van der Waals surface area (Å²) in [6.07, 6.45) is 10.5. The Kier molecular flexibility index (Phi) is 7.68. The standard InChI is InChI=1S/C29H30N2O5/c1-3-29(28(33)34)17-5-4-7-24(29)25-19-30-27(31-25)22-11-9-20(10-12-22)21-13-15-23(16-14-21)36-18-6-8-26(32)35-2/h4-5,7,9-17,19,24H,3,6,8,18H2,1-2H3,(H,30,31)(H,33,34). The average Bonchev–Trinajstić information content (AvgIpc) is 3.41. The molecule has 0 radical (unpaired) electrons. The number of aromatic amines is 1. The first-order valence-electron chi connectivity index (χ1n) is 12.0. The number of rotatable bonds is 10. The molecular weight excluding hydrogens is 456 g/mol. The van der Waals surface area contributed by atoms with Crippen LogP contribution in [0.3, 0.4) is 0 Å². The highest BCUT2D eigenvalue weighted by Gasteiger charge is 2.43. The van der Waals surface area contributed by atoms with Crippen molar-refractivity contribution in [2.45, 2.75) is 32.1 Å². The number of esters is 1. The molecule has 2 aromatic carbocycles. The van der Waals surface area contributed by atoms with Crippen molar-refractivity contribution in [2.75, 3.05) is 13.7 Å². The minimum Gasteiger partial charge on any atom is -0.494 e. The summed E-state index contributed by atoms with van der Waals surface area (Å²) in [5, 5.41) is 9.94. The summed E-state index contributed by atoms with van der Waals surface area (Å²) < 4.78 is 10.3. The number of methoxy groups -OCH3 is 1. The Labute approximate surface area is 210 Å². The molecule has 1 aromatic heterocycles. The molecule has 0 saturated heterocycles. The number of aromatic nitrogens is 2. The summed E-state index contributed by atoms with van der Waals surface area (Å²) in [6.45, 7) is 2.34. The molecule has 0 amide bonds. The molecule has 7 nitrogen and oxygen atoms in total. The molecular formula is C29H30N2O5. The van der Waals surface area contributed by atoms with E-state index < -0.39 is 11.4 Å². The molecule has 3 aromatic rings. The molecule has 2 N–H and O–H groups in total. The number of H-pyrrole nitrogens is 1. The molecule has 4 rings (SSSR count). The lowest BCUT2D eigenvalue weighted by Crippen LogP contribution is -2.35. The first kappa shape index (κ1) is 25.0. The number of allylic oxidation sites excluding steroid dienone is 3. The molecule has 0 bridgehead atoms. The van der Waals surface area contributed by atoms with E-state index in [1.807, 2.05) is 67.6 Å². The SMILES string of the molecule is CCC1(C(=O)O)C=CC=CC1c1cnc(-c2ccc(-c3ccc(OCCCC(=O)OC)cc3)cc2)[nH]1. The van der Waals surface area contributed by atoms with Gasteiger partial charge in [0, 0.05) is 29.8 Å². The Morgan fingerprint density at radius 3 is 2.33 bits per heavy atom. The number of carboxylic acids is 1. The van der Waals surface area contributed by atoms with E-state index in [2.05, 4.69) is 14.7 Å². The number of hydrogen-bond donors (Lipinski definition) is 2. The second kappa shape index (κ2) is 11.1. The third-order valence-electron chi connectivity index (χ3n) is 6.64. The number of hydrogen-bond acceptors (Lipinski definition) is 5. The lowest BCUT2D eigenvalue weighted by atomic mass is 9.69. The lowest BCUT2D eigenvalue weighted by molar-refractivity contribution is -0.147. The maximum absolute atomic E-state index is 12.1. The molecule has 186 valence electrons. The highest BCUT2D eigenvalue weighted by molar-refractivity contribution is 5.80. The minimum absolute atomic E-state index is 0.236. The molecule has 0 spiro atoms. The number of benzene rings is 2. The maximum atomic E-state index is 12.1. The van der Waals surface area contributed by atoms with Crippen molar-refractivity contribution in [3.8, 4) is 28.3 Å². The summed E-state index contributed by atoms with van der Waals surface area (Å²) >= 11 is 0. The monoisotopic (exact) mass is 486 g/mol. The molecule has 36 heavy (non-hydrogen) atoms. The van der Waals surface area contributed by atoms with Gasteiger partial charge in [0.15, 0.2) is 0 Å². The van der Waals surface area contributed by atoms with Crippen LogP contribution in [0.4, 0.5) is 0 Å².